The molecule has 1 atom stereocenters. The first-order chi connectivity index (χ1) is 12.3. The zero-order chi connectivity index (χ0) is 18.8. The van der Waals surface area contributed by atoms with E-state index in [4.69, 9.17) is 0 Å². The molecule has 136 valence electrons. The van der Waals surface area contributed by atoms with Crippen LogP contribution in [0.2, 0.25) is 0 Å². The van der Waals surface area contributed by atoms with Crippen LogP contribution in [-0.4, -0.2) is 20.8 Å². The fourth-order valence-electron chi connectivity index (χ4n) is 2.49. The molecule has 0 unspecified atom stereocenters. The van der Waals surface area contributed by atoms with Crippen molar-refractivity contribution in [3.8, 4) is 0 Å². The Hall–Kier alpha value is -2.42. The maximum absolute atomic E-state index is 12.6. The van der Waals surface area contributed by atoms with Crippen LogP contribution in [0.15, 0.2) is 88.9 Å². The minimum atomic E-state index is -3.86. The first-order valence-corrected chi connectivity index (χ1v) is 10.8. The van der Waals surface area contributed by atoms with Gasteiger partial charge in [-0.3, -0.25) is 0 Å². The van der Waals surface area contributed by atoms with E-state index < -0.39 is 26.1 Å². The van der Waals surface area contributed by atoms with Gasteiger partial charge in [0, 0.05) is 18.4 Å². The monoisotopic (exact) mass is 390 g/mol. The van der Waals surface area contributed by atoms with E-state index in [2.05, 4.69) is 4.72 Å². The quantitative estimate of drug-likeness (QED) is 0.701. The fraction of sp³-hybridized carbons (Fsp3) is 0.111. The Balaban J connectivity index is 1.87. The molecule has 1 aromatic heterocycles. The van der Waals surface area contributed by atoms with Gasteiger partial charge in [-0.05, 0) is 30.7 Å². The van der Waals surface area contributed by atoms with Crippen molar-refractivity contribution in [3.05, 3.63) is 84.7 Å². The van der Waals surface area contributed by atoms with Crippen LogP contribution in [0, 0.1) is 0 Å². The van der Waals surface area contributed by atoms with E-state index in [0.29, 0.717) is 0 Å². The zero-order valence-corrected chi connectivity index (χ0v) is 15.6. The predicted molar refractivity (Wildman–Crippen MR) is 98.6 cm³/mol. The van der Waals surface area contributed by atoms with Gasteiger partial charge in [0.2, 0.25) is 10.0 Å². The second-order valence-corrected chi connectivity index (χ2v) is 9.31. The summed E-state index contributed by atoms with van der Waals surface area (Å²) in [5, 5.41) is 0. The molecule has 0 radical (unpaired) electrons. The van der Waals surface area contributed by atoms with Crippen LogP contribution in [0.3, 0.4) is 0 Å². The van der Waals surface area contributed by atoms with Gasteiger partial charge in [0.05, 0.1) is 4.90 Å². The normalized spacial score (nSPS) is 13.4. The van der Waals surface area contributed by atoms with Crippen LogP contribution >= 0.6 is 0 Å². The number of rotatable bonds is 6. The van der Waals surface area contributed by atoms with Crippen molar-refractivity contribution in [1.82, 2.24) is 8.69 Å². The summed E-state index contributed by atoms with van der Waals surface area (Å²) in [5.74, 6) is 0. The molecule has 3 rings (SSSR count). The van der Waals surface area contributed by atoms with Crippen LogP contribution < -0.4 is 4.72 Å². The molecule has 0 aliphatic heterocycles. The third-order valence-electron chi connectivity index (χ3n) is 3.90. The SMILES string of the molecule is C[C@H](NS(=O)(=O)c1ccn(S(=O)(=O)c2ccccc2)c1)c1ccccc1. The minimum Gasteiger partial charge on any atom is -0.248 e. The molecule has 6 nitrogen and oxygen atoms in total. The molecule has 26 heavy (non-hydrogen) atoms. The Labute approximate surface area is 153 Å². The molecule has 1 N–H and O–H groups in total. The van der Waals surface area contributed by atoms with Crippen molar-refractivity contribution in [2.24, 2.45) is 0 Å². The van der Waals surface area contributed by atoms with Gasteiger partial charge in [-0.25, -0.2) is 25.5 Å². The molecule has 1 heterocycles. The van der Waals surface area contributed by atoms with Gasteiger partial charge in [-0.1, -0.05) is 48.5 Å². The summed E-state index contributed by atoms with van der Waals surface area (Å²) in [4.78, 5) is -0.0232. The van der Waals surface area contributed by atoms with Crippen molar-refractivity contribution >= 4 is 20.0 Å². The summed E-state index contributed by atoms with van der Waals surface area (Å²) in [5.41, 5.74) is 0.812. The molecule has 0 saturated carbocycles. The molecular formula is C18H18N2O4S2. The van der Waals surface area contributed by atoms with E-state index in [1.54, 1.807) is 25.1 Å². The topological polar surface area (TPSA) is 85.2 Å². The second kappa shape index (κ2) is 7.06. The van der Waals surface area contributed by atoms with E-state index >= 15 is 0 Å². The van der Waals surface area contributed by atoms with Crippen molar-refractivity contribution in [3.63, 3.8) is 0 Å². The first kappa shape index (κ1) is 18.4. The molecule has 3 aromatic rings. The van der Waals surface area contributed by atoms with E-state index in [-0.39, 0.29) is 9.79 Å². The van der Waals surface area contributed by atoms with E-state index in [1.807, 2.05) is 30.3 Å². The van der Waals surface area contributed by atoms with Crippen LogP contribution in [0.4, 0.5) is 0 Å². The summed E-state index contributed by atoms with van der Waals surface area (Å²) < 4.78 is 53.7. The number of sulfonamides is 1. The maximum Gasteiger partial charge on any atom is 0.267 e. The fourth-order valence-corrected chi connectivity index (χ4v) is 5.01. The highest BCUT2D eigenvalue weighted by Crippen LogP contribution is 2.20. The lowest BCUT2D eigenvalue weighted by molar-refractivity contribution is 0.567. The lowest BCUT2D eigenvalue weighted by atomic mass is 10.1. The maximum atomic E-state index is 12.6. The number of hydrogen-bond donors (Lipinski definition) is 1. The zero-order valence-electron chi connectivity index (χ0n) is 14.0. The van der Waals surface area contributed by atoms with Crippen molar-refractivity contribution in [2.75, 3.05) is 0 Å². The Morgan fingerprint density at radius 1 is 0.808 bits per heavy atom. The van der Waals surface area contributed by atoms with Crippen LogP contribution in [-0.2, 0) is 20.0 Å². The van der Waals surface area contributed by atoms with Gasteiger partial charge in [-0.15, -0.1) is 0 Å². The molecular weight excluding hydrogens is 372 g/mol. The van der Waals surface area contributed by atoms with Gasteiger partial charge in [0.15, 0.2) is 0 Å². The third kappa shape index (κ3) is 3.72. The van der Waals surface area contributed by atoms with Crippen molar-refractivity contribution in [1.29, 1.82) is 0 Å². The molecule has 2 aromatic carbocycles. The molecule has 0 saturated heterocycles. The number of nitrogens with zero attached hydrogens (tertiary/aromatic N) is 1. The van der Waals surface area contributed by atoms with E-state index in [9.17, 15) is 16.8 Å². The van der Waals surface area contributed by atoms with Gasteiger partial charge < -0.3 is 0 Å². The Morgan fingerprint density at radius 3 is 2.00 bits per heavy atom. The summed E-state index contributed by atoms with van der Waals surface area (Å²) >= 11 is 0. The Kier molecular flexibility index (Phi) is 4.99. The first-order valence-electron chi connectivity index (χ1n) is 7.86. The highest BCUT2D eigenvalue weighted by molar-refractivity contribution is 7.90. The molecule has 0 aliphatic carbocycles. The second-order valence-electron chi connectivity index (χ2n) is 5.75. The average Bonchev–Trinajstić information content (AvgIpc) is 3.15. The summed E-state index contributed by atoms with van der Waals surface area (Å²) in [6.45, 7) is 1.73. The molecule has 0 spiro atoms. The Bertz CT molecular complexity index is 1090. The van der Waals surface area contributed by atoms with E-state index in [0.717, 1.165) is 15.7 Å². The molecule has 0 fully saturated rings. The summed E-state index contributed by atoms with van der Waals surface area (Å²) in [6.07, 6.45) is 2.33. The molecule has 0 aliphatic rings. The molecule has 8 heteroatoms. The molecule has 0 amide bonds. The minimum absolute atomic E-state index is 0.0881. The largest absolute Gasteiger partial charge is 0.267 e. The smallest absolute Gasteiger partial charge is 0.248 e. The Morgan fingerprint density at radius 2 is 1.38 bits per heavy atom. The van der Waals surface area contributed by atoms with Crippen LogP contribution in [0.25, 0.3) is 0 Å². The van der Waals surface area contributed by atoms with Crippen molar-refractivity contribution in [2.45, 2.75) is 22.8 Å². The average molecular weight is 390 g/mol. The van der Waals surface area contributed by atoms with Gasteiger partial charge in [-0.2, -0.15) is 0 Å². The number of hydrogen-bond acceptors (Lipinski definition) is 4. The third-order valence-corrected chi connectivity index (χ3v) is 7.08. The van der Waals surface area contributed by atoms with Crippen LogP contribution in [0.5, 0.6) is 0 Å². The standard InChI is InChI=1S/C18H18N2O4S2/c1-15(16-8-4-2-5-9-16)19-25(21,22)18-12-13-20(14-18)26(23,24)17-10-6-3-7-11-17/h2-15,19H,1H3/t15-/m0/s1. The van der Waals surface area contributed by atoms with E-state index in [1.165, 1.54) is 24.4 Å². The summed E-state index contributed by atoms with van der Waals surface area (Å²) in [7, 11) is -7.70. The van der Waals surface area contributed by atoms with Crippen molar-refractivity contribution < 1.29 is 16.8 Å². The van der Waals surface area contributed by atoms with Gasteiger partial charge >= 0.3 is 0 Å². The highest BCUT2D eigenvalue weighted by Gasteiger charge is 2.23. The number of nitrogens with one attached hydrogen (secondary N) is 1. The highest BCUT2D eigenvalue weighted by atomic mass is 32.2. The van der Waals surface area contributed by atoms with Crippen LogP contribution in [0.1, 0.15) is 18.5 Å². The number of aromatic nitrogens is 1. The predicted octanol–water partition coefficient (Wildman–Crippen LogP) is 2.76. The number of benzene rings is 2. The lowest BCUT2D eigenvalue weighted by Gasteiger charge is -2.13. The summed E-state index contributed by atoms with van der Waals surface area (Å²) in [6, 6.07) is 17.8. The lowest BCUT2D eigenvalue weighted by Crippen LogP contribution is -2.26. The van der Waals surface area contributed by atoms with Gasteiger partial charge in [0.25, 0.3) is 10.0 Å². The van der Waals surface area contributed by atoms with Gasteiger partial charge in [0.1, 0.15) is 4.90 Å². The molecule has 0 bridgehead atoms.